The molecule has 0 fully saturated rings. The molecule has 68 valence electrons. The van der Waals surface area contributed by atoms with Gasteiger partial charge in [-0.1, -0.05) is 30.0 Å². The van der Waals surface area contributed by atoms with E-state index in [-0.39, 0.29) is 0 Å². The van der Waals surface area contributed by atoms with Crippen LogP contribution >= 0.6 is 0 Å². The molecule has 1 aromatic heterocycles. The Kier molecular flexibility index (Phi) is 2.63. The van der Waals surface area contributed by atoms with E-state index in [1.165, 1.54) is 0 Å². The topological polar surface area (TPSA) is 28.7 Å². The Morgan fingerprint density at radius 3 is 2.79 bits per heavy atom. The molecule has 0 atom stereocenters. The van der Waals surface area contributed by atoms with Gasteiger partial charge in [0.15, 0.2) is 0 Å². The van der Waals surface area contributed by atoms with Crippen molar-refractivity contribution < 1.29 is 0 Å². The predicted octanol–water partition coefficient (Wildman–Crippen LogP) is 2.00. The highest BCUT2D eigenvalue weighted by molar-refractivity contribution is 5.34. The summed E-state index contributed by atoms with van der Waals surface area (Å²) < 4.78 is 0. The number of nitrogens with zero attached hydrogens (tertiary/aromatic N) is 1. The van der Waals surface area contributed by atoms with Crippen molar-refractivity contribution in [3.8, 4) is 11.8 Å². The zero-order chi connectivity index (χ0) is 9.64. The molecule has 0 aliphatic carbocycles. The van der Waals surface area contributed by atoms with Crippen LogP contribution in [-0.4, -0.2) is 9.97 Å². The normalized spacial score (nSPS) is 9.14. The van der Waals surface area contributed by atoms with Crippen LogP contribution in [0.1, 0.15) is 11.3 Å². The van der Waals surface area contributed by atoms with Crippen LogP contribution in [0.3, 0.4) is 0 Å². The molecule has 0 saturated carbocycles. The molecule has 0 spiro atoms. The van der Waals surface area contributed by atoms with Crippen LogP contribution in [0.5, 0.6) is 0 Å². The predicted molar refractivity (Wildman–Crippen MR) is 55.6 cm³/mol. The summed E-state index contributed by atoms with van der Waals surface area (Å²) in [5, 5.41) is 0. The number of aromatic nitrogens is 2. The summed E-state index contributed by atoms with van der Waals surface area (Å²) in [4.78, 5) is 6.93. The monoisotopic (exact) mass is 182 g/mol. The minimum absolute atomic E-state index is 0.717. The van der Waals surface area contributed by atoms with E-state index in [2.05, 4.69) is 21.8 Å². The molecule has 1 heterocycles. The molecule has 2 aromatic rings. The fourth-order valence-corrected chi connectivity index (χ4v) is 1.14. The lowest BCUT2D eigenvalue weighted by Crippen LogP contribution is -1.79. The maximum atomic E-state index is 3.92. The van der Waals surface area contributed by atoms with Crippen LogP contribution in [0.4, 0.5) is 0 Å². The third-order valence-electron chi connectivity index (χ3n) is 1.84. The maximum absolute atomic E-state index is 3.92. The first kappa shape index (κ1) is 8.58. The number of H-pyrrole nitrogens is 1. The summed E-state index contributed by atoms with van der Waals surface area (Å²) in [7, 11) is 0. The standard InChI is InChI=1S/C12H10N2/c1-2-5-11(6-3-1)7-4-8-12-9-13-10-14-12/h1-3,5-6,9-10H,8H2,(H,13,14). The first-order chi connectivity index (χ1) is 6.95. The lowest BCUT2D eigenvalue weighted by molar-refractivity contribution is 1.18. The molecule has 2 heteroatoms. The molecule has 0 aliphatic rings. The summed E-state index contributed by atoms with van der Waals surface area (Å²) in [6.45, 7) is 0. The molecule has 0 aliphatic heterocycles. The average Bonchev–Trinajstić information content (AvgIpc) is 2.72. The fraction of sp³-hybridized carbons (Fsp3) is 0.0833. The van der Waals surface area contributed by atoms with E-state index in [1.807, 2.05) is 30.3 Å². The summed E-state index contributed by atoms with van der Waals surface area (Å²) in [6.07, 6.45) is 4.17. The van der Waals surface area contributed by atoms with Gasteiger partial charge in [-0.15, -0.1) is 0 Å². The van der Waals surface area contributed by atoms with Gasteiger partial charge in [0.25, 0.3) is 0 Å². The number of aromatic amines is 1. The molecule has 0 amide bonds. The molecule has 1 aromatic carbocycles. The zero-order valence-electron chi connectivity index (χ0n) is 7.70. The second-order valence-electron chi connectivity index (χ2n) is 2.92. The Bertz CT molecular complexity index is 432. The van der Waals surface area contributed by atoms with Gasteiger partial charge < -0.3 is 4.98 Å². The first-order valence-electron chi connectivity index (χ1n) is 4.46. The van der Waals surface area contributed by atoms with Crippen LogP contribution in [0, 0.1) is 11.8 Å². The van der Waals surface area contributed by atoms with Crippen molar-refractivity contribution in [2.75, 3.05) is 0 Å². The van der Waals surface area contributed by atoms with Crippen LogP contribution in [0.2, 0.25) is 0 Å². The molecule has 0 saturated heterocycles. The Labute approximate surface area is 83.0 Å². The van der Waals surface area contributed by atoms with E-state index in [0.717, 1.165) is 17.7 Å². The Morgan fingerprint density at radius 2 is 2.07 bits per heavy atom. The van der Waals surface area contributed by atoms with Crippen molar-refractivity contribution in [1.82, 2.24) is 9.97 Å². The molecule has 0 bridgehead atoms. The number of rotatable bonds is 1. The molecule has 2 rings (SSSR count). The summed E-state index contributed by atoms with van der Waals surface area (Å²) in [5.74, 6) is 6.17. The molecule has 0 radical (unpaired) electrons. The van der Waals surface area contributed by atoms with Crippen LogP contribution < -0.4 is 0 Å². The number of benzene rings is 1. The average molecular weight is 182 g/mol. The van der Waals surface area contributed by atoms with Gasteiger partial charge in [0.2, 0.25) is 0 Å². The summed E-state index contributed by atoms with van der Waals surface area (Å²) in [5.41, 5.74) is 2.10. The van der Waals surface area contributed by atoms with Gasteiger partial charge in [-0.3, -0.25) is 0 Å². The molecule has 1 N–H and O–H groups in total. The summed E-state index contributed by atoms with van der Waals surface area (Å²) in [6, 6.07) is 9.96. The fourth-order valence-electron chi connectivity index (χ4n) is 1.14. The Balaban J connectivity index is 2.02. The van der Waals surface area contributed by atoms with Gasteiger partial charge >= 0.3 is 0 Å². The van der Waals surface area contributed by atoms with Crippen molar-refractivity contribution in [1.29, 1.82) is 0 Å². The molecular formula is C12H10N2. The summed E-state index contributed by atoms with van der Waals surface area (Å²) >= 11 is 0. The molecule has 2 nitrogen and oxygen atoms in total. The van der Waals surface area contributed by atoms with Gasteiger partial charge in [-0.05, 0) is 12.1 Å². The van der Waals surface area contributed by atoms with E-state index in [9.17, 15) is 0 Å². The quantitative estimate of drug-likeness (QED) is 0.671. The minimum atomic E-state index is 0.717. The van der Waals surface area contributed by atoms with Crippen LogP contribution in [-0.2, 0) is 6.42 Å². The number of nitrogens with one attached hydrogen (secondary N) is 1. The van der Waals surface area contributed by atoms with E-state index < -0.39 is 0 Å². The van der Waals surface area contributed by atoms with Crippen molar-refractivity contribution >= 4 is 0 Å². The van der Waals surface area contributed by atoms with Gasteiger partial charge in [0.05, 0.1) is 12.7 Å². The van der Waals surface area contributed by atoms with Crippen LogP contribution in [0.25, 0.3) is 0 Å². The van der Waals surface area contributed by atoms with E-state index in [1.54, 1.807) is 12.5 Å². The van der Waals surface area contributed by atoms with E-state index in [4.69, 9.17) is 0 Å². The van der Waals surface area contributed by atoms with Gasteiger partial charge in [-0.25, -0.2) is 4.98 Å². The highest BCUT2D eigenvalue weighted by Crippen LogP contribution is 1.96. The number of imidazole rings is 1. The van der Waals surface area contributed by atoms with Crippen molar-refractivity contribution in [2.45, 2.75) is 6.42 Å². The van der Waals surface area contributed by atoms with E-state index in [0.29, 0.717) is 0 Å². The molecular weight excluding hydrogens is 172 g/mol. The smallest absolute Gasteiger partial charge is 0.0922 e. The SMILES string of the molecule is C(#Cc1ccccc1)Cc1cnc[nH]1. The largest absolute Gasteiger partial charge is 0.348 e. The number of hydrogen-bond acceptors (Lipinski definition) is 1. The van der Waals surface area contributed by atoms with Gasteiger partial charge in [-0.2, -0.15) is 0 Å². The zero-order valence-corrected chi connectivity index (χ0v) is 7.70. The second kappa shape index (κ2) is 4.29. The highest BCUT2D eigenvalue weighted by Gasteiger charge is 1.87. The van der Waals surface area contributed by atoms with Gasteiger partial charge in [0, 0.05) is 17.5 Å². The Hall–Kier alpha value is -2.01. The van der Waals surface area contributed by atoms with Crippen molar-refractivity contribution in [3.63, 3.8) is 0 Å². The van der Waals surface area contributed by atoms with Gasteiger partial charge in [0.1, 0.15) is 0 Å². The number of hydrogen-bond donors (Lipinski definition) is 1. The Morgan fingerprint density at radius 1 is 1.21 bits per heavy atom. The highest BCUT2D eigenvalue weighted by atomic mass is 14.8. The third kappa shape index (κ3) is 2.24. The first-order valence-corrected chi connectivity index (χ1v) is 4.46. The lowest BCUT2D eigenvalue weighted by atomic mass is 10.2. The van der Waals surface area contributed by atoms with Crippen molar-refractivity contribution in [2.24, 2.45) is 0 Å². The maximum Gasteiger partial charge on any atom is 0.0922 e. The third-order valence-corrected chi connectivity index (χ3v) is 1.84. The van der Waals surface area contributed by atoms with Crippen LogP contribution in [0.15, 0.2) is 42.9 Å². The minimum Gasteiger partial charge on any atom is -0.348 e. The molecule has 0 unspecified atom stereocenters. The second-order valence-corrected chi connectivity index (χ2v) is 2.92. The molecule has 14 heavy (non-hydrogen) atoms. The lowest BCUT2D eigenvalue weighted by Gasteiger charge is -1.86. The van der Waals surface area contributed by atoms with Crippen molar-refractivity contribution in [3.05, 3.63) is 54.1 Å². The van der Waals surface area contributed by atoms with E-state index >= 15 is 0 Å².